The van der Waals surface area contributed by atoms with Gasteiger partial charge in [-0.1, -0.05) is 12.1 Å². The van der Waals surface area contributed by atoms with Crippen LogP contribution in [0.15, 0.2) is 29.1 Å². The van der Waals surface area contributed by atoms with Gasteiger partial charge >= 0.3 is 0 Å². The molecule has 8 nitrogen and oxygen atoms in total. The summed E-state index contributed by atoms with van der Waals surface area (Å²) >= 11 is 1.61. The fraction of sp³-hybridized carbons (Fsp3) is 0.450. The molecule has 0 saturated carbocycles. The van der Waals surface area contributed by atoms with Crippen molar-refractivity contribution in [3.63, 3.8) is 0 Å². The summed E-state index contributed by atoms with van der Waals surface area (Å²) in [7, 11) is 2.02. The van der Waals surface area contributed by atoms with Crippen molar-refractivity contribution < 1.29 is 14.3 Å². The second kappa shape index (κ2) is 8.75. The fourth-order valence-electron chi connectivity index (χ4n) is 3.83. The van der Waals surface area contributed by atoms with Crippen molar-refractivity contribution in [2.24, 2.45) is 0 Å². The highest BCUT2D eigenvalue weighted by atomic mass is 32.2. The number of carbonyl (C=O) groups excluding carboxylic acids is 1. The zero-order valence-corrected chi connectivity index (χ0v) is 17.5. The van der Waals surface area contributed by atoms with Crippen molar-refractivity contribution in [1.29, 1.82) is 0 Å². The molecule has 10 heteroatoms. The average Bonchev–Trinajstić information content (AvgIpc) is 2.75. The molecule has 160 valence electrons. The van der Waals surface area contributed by atoms with Crippen LogP contribution in [0.1, 0.15) is 47.2 Å². The van der Waals surface area contributed by atoms with E-state index in [1.807, 2.05) is 7.05 Å². The molecule has 1 fully saturated rings. The molecule has 1 unspecified atom stereocenters. The molecule has 3 heterocycles. The first-order chi connectivity index (χ1) is 14.4. The Hall–Kier alpha value is -2.43. The third-order valence-electron chi connectivity index (χ3n) is 5.36. The molecule has 2 N–H and O–H groups in total. The molecule has 1 saturated heterocycles. The molecule has 1 aromatic heterocycles. The predicted octanol–water partition coefficient (Wildman–Crippen LogP) is 2.05. The summed E-state index contributed by atoms with van der Waals surface area (Å²) in [6.07, 6.45) is 2.64. The van der Waals surface area contributed by atoms with Gasteiger partial charge in [0.2, 0.25) is 5.75 Å². The molecule has 0 aliphatic carbocycles. The summed E-state index contributed by atoms with van der Waals surface area (Å²) in [6.45, 7) is 2.45. The highest BCUT2D eigenvalue weighted by molar-refractivity contribution is 7.94. The summed E-state index contributed by atoms with van der Waals surface area (Å²) in [5, 5.41) is 13.0. The Labute approximate surface area is 178 Å². The number of rotatable bonds is 4. The number of aromatic nitrogens is 2. The summed E-state index contributed by atoms with van der Waals surface area (Å²) in [5.74, 6) is -1.12. The highest BCUT2D eigenvalue weighted by Gasteiger charge is 2.33. The minimum atomic E-state index is -0.639. The van der Waals surface area contributed by atoms with Gasteiger partial charge in [-0.2, -0.15) is 0 Å². The minimum absolute atomic E-state index is 0.108. The number of nitrogens with one attached hydrogen (secondary N) is 1. The standard InChI is InChI=1S/C20H24FN5O3S/c1-24-9-3-11-26(30-24)15-4-2-10-25-18(15)23-16(17(27)20(25)29)19(28)22-12-13-5-7-14(21)8-6-13/h5-8,15,27H,2-4,9-12H2,1H3,(H,22,28). The quantitative estimate of drug-likeness (QED) is 0.713. The number of amides is 1. The van der Waals surface area contributed by atoms with Gasteiger partial charge in [-0.3, -0.25) is 14.2 Å². The van der Waals surface area contributed by atoms with E-state index in [2.05, 4.69) is 18.9 Å². The van der Waals surface area contributed by atoms with Crippen LogP contribution in [-0.2, 0) is 13.1 Å². The first-order valence-electron chi connectivity index (χ1n) is 9.96. The van der Waals surface area contributed by atoms with Crippen LogP contribution in [-0.4, -0.2) is 49.3 Å². The highest BCUT2D eigenvalue weighted by Crippen LogP contribution is 2.36. The average molecular weight is 434 g/mol. The van der Waals surface area contributed by atoms with E-state index in [0.717, 1.165) is 32.4 Å². The predicted molar refractivity (Wildman–Crippen MR) is 111 cm³/mol. The Kier molecular flexibility index (Phi) is 6.07. The lowest BCUT2D eigenvalue weighted by Gasteiger charge is -2.39. The third-order valence-corrected chi connectivity index (χ3v) is 6.47. The second-order valence-corrected chi connectivity index (χ2v) is 8.77. The number of carbonyl (C=O) groups is 1. The smallest absolute Gasteiger partial charge is 0.296 e. The van der Waals surface area contributed by atoms with Crippen molar-refractivity contribution in [3.05, 3.63) is 57.5 Å². The van der Waals surface area contributed by atoms with Crippen LogP contribution in [0.2, 0.25) is 0 Å². The van der Waals surface area contributed by atoms with E-state index in [0.29, 0.717) is 17.9 Å². The van der Waals surface area contributed by atoms with Gasteiger partial charge in [0, 0.05) is 38.3 Å². The Morgan fingerprint density at radius 3 is 2.77 bits per heavy atom. The molecule has 0 spiro atoms. The van der Waals surface area contributed by atoms with Crippen LogP contribution in [0.25, 0.3) is 0 Å². The maximum atomic E-state index is 13.0. The number of hydrogen-bond donors (Lipinski definition) is 2. The molecule has 1 aromatic carbocycles. The summed E-state index contributed by atoms with van der Waals surface area (Å²) in [4.78, 5) is 29.9. The second-order valence-electron chi connectivity index (χ2n) is 7.52. The van der Waals surface area contributed by atoms with Crippen molar-refractivity contribution in [2.45, 2.75) is 38.4 Å². The summed E-state index contributed by atoms with van der Waals surface area (Å²) < 4.78 is 18.9. The van der Waals surface area contributed by atoms with E-state index >= 15 is 0 Å². The number of hydrogen-bond acceptors (Lipinski definition) is 7. The third kappa shape index (κ3) is 4.21. The van der Waals surface area contributed by atoms with Crippen molar-refractivity contribution in [2.75, 3.05) is 20.1 Å². The zero-order chi connectivity index (χ0) is 21.3. The molecule has 1 amide bonds. The zero-order valence-electron chi connectivity index (χ0n) is 16.7. The van der Waals surface area contributed by atoms with Gasteiger partial charge < -0.3 is 10.4 Å². The molecule has 2 aliphatic rings. The SMILES string of the molecule is CN1CCCN(C2CCCn3c2nc(C(=O)NCc2ccc(F)cc2)c(O)c3=O)S1. The lowest BCUT2D eigenvalue weighted by atomic mass is 10.1. The van der Waals surface area contributed by atoms with E-state index in [9.17, 15) is 19.1 Å². The van der Waals surface area contributed by atoms with Gasteiger partial charge in [0.15, 0.2) is 5.69 Å². The molecule has 1 atom stereocenters. The minimum Gasteiger partial charge on any atom is -0.501 e. The maximum absolute atomic E-state index is 13.0. The van der Waals surface area contributed by atoms with Crippen LogP contribution in [0, 0.1) is 5.82 Å². The first kappa shape index (κ1) is 20.8. The van der Waals surface area contributed by atoms with Gasteiger partial charge in [-0.15, -0.1) is 0 Å². The van der Waals surface area contributed by atoms with Gasteiger partial charge in [-0.25, -0.2) is 18.0 Å². The largest absolute Gasteiger partial charge is 0.501 e. The van der Waals surface area contributed by atoms with E-state index in [-0.39, 0.29) is 24.1 Å². The fourth-order valence-corrected chi connectivity index (χ4v) is 4.92. The lowest BCUT2D eigenvalue weighted by molar-refractivity contribution is 0.0940. The lowest BCUT2D eigenvalue weighted by Crippen LogP contribution is -2.41. The number of nitrogens with zero attached hydrogens (tertiary/aromatic N) is 4. The van der Waals surface area contributed by atoms with Crippen molar-refractivity contribution in [3.8, 4) is 5.75 Å². The van der Waals surface area contributed by atoms with Crippen LogP contribution in [0.4, 0.5) is 4.39 Å². The van der Waals surface area contributed by atoms with E-state index in [4.69, 9.17) is 0 Å². The Morgan fingerprint density at radius 1 is 1.27 bits per heavy atom. The van der Waals surface area contributed by atoms with E-state index in [1.165, 1.54) is 16.7 Å². The van der Waals surface area contributed by atoms with Gasteiger partial charge in [0.05, 0.1) is 6.04 Å². The molecule has 0 radical (unpaired) electrons. The Morgan fingerprint density at radius 2 is 2.03 bits per heavy atom. The molecular formula is C20H24FN5O3S. The first-order valence-corrected chi connectivity index (χ1v) is 10.7. The normalized spacial score (nSPS) is 20.0. The van der Waals surface area contributed by atoms with Crippen LogP contribution < -0.4 is 10.9 Å². The Bertz CT molecular complexity index is 997. The number of benzene rings is 1. The Balaban J connectivity index is 1.60. The van der Waals surface area contributed by atoms with Gasteiger partial charge in [0.25, 0.3) is 11.5 Å². The van der Waals surface area contributed by atoms with Crippen molar-refractivity contribution in [1.82, 2.24) is 23.5 Å². The summed E-state index contributed by atoms with van der Waals surface area (Å²) in [6, 6.07) is 5.62. The van der Waals surface area contributed by atoms with Crippen LogP contribution in [0.5, 0.6) is 5.75 Å². The van der Waals surface area contributed by atoms with Crippen LogP contribution >= 0.6 is 12.1 Å². The van der Waals surface area contributed by atoms with E-state index in [1.54, 1.807) is 24.3 Å². The monoisotopic (exact) mass is 433 g/mol. The number of aromatic hydroxyl groups is 1. The molecule has 4 rings (SSSR count). The molecule has 2 aliphatic heterocycles. The van der Waals surface area contributed by atoms with Crippen LogP contribution in [0.3, 0.4) is 0 Å². The molecule has 30 heavy (non-hydrogen) atoms. The molecule has 0 bridgehead atoms. The van der Waals surface area contributed by atoms with E-state index < -0.39 is 17.2 Å². The number of halogens is 1. The summed E-state index contributed by atoms with van der Waals surface area (Å²) in [5.41, 5.74) is -0.160. The number of fused-ring (bicyclic) bond motifs is 1. The molecular weight excluding hydrogens is 409 g/mol. The van der Waals surface area contributed by atoms with Gasteiger partial charge in [0.1, 0.15) is 11.6 Å². The maximum Gasteiger partial charge on any atom is 0.296 e. The topological polar surface area (TPSA) is 90.7 Å². The van der Waals surface area contributed by atoms with Crippen molar-refractivity contribution >= 4 is 18.0 Å². The van der Waals surface area contributed by atoms with Gasteiger partial charge in [-0.05, 0) is 44.0 Å². The molecule has 2 aromatic rings.